The first kappa shape index (κ1) is 16.7. The normalized spacial score (nSPS) is 20.8. The summed E-state index contributed by atoms with van der Waals surface area (Å²) in [5.74, 6) is 2.30. The summed E-state index contributed by atoms with van der Waals surface area (Å²) in [7, 11) is 3.26. The second-order valence-corrected chi connectivity index (χ2v) is 6.26. The highest BCUT2D eigenvalue weighted by atomic mass is 16.5. The van der Waals surface area contributed by atoms with E-state index in [1.165, 1.54) is 0 Å². The predicted octanol–water partition coefficient (Wildman–Crippen LogP) is 3.45. The highest BCUT2D eigenvalue weighted by Gasteiger charge is 2.33. The number of carbonyl (C=O) groups is 1. The summed E-state index contributed by atoms with van der Waals surface area (Å²) in [5.41, 5.74) is 1.92. The number of methoxy groups -OCH3 is 2. The van der Waals surface area contributed by atoms with Crippen molar-refractivity contribution in [2.45, 2.75) is 38.6 Å². The average molecular weight is 331 g/mol. The van der Waals surface area contributed by atoms with Crippen LogP contribution in [0.15, 0.2) is 29.5 Å². The van der Waals surface area contributed by atoms with Crippen molar-refractivity contribution in [2.75, 3.05) is 27.4 Å². The molecular formula is C19H25NO4. The molecule has 1 amide bonds. The van der Waals surface area contributed by atoms with Crippen LogP contribution in [-0.4, -0.2) is 38.2 Å². The fraction of sp³-hybridized carbons (Fsp3) is 0.526. The van der Waals surface area contributed by atoms with Crippen LogP contribution in [0.4, 0.5) is 0 Å². The Hall–Kier alpha value is -2.17. The molecule has 0 aromatic heterocycles. The molecule has 1 saturated heterocycles. The van der Waals surface area contributed by atoms with Crippen molar-refractivity contribution in [2.24, 2.45) is 0 Å². The Morgan fingerprint density at radius 1 is 1.21 bits per heavy atom. The fourth-order valence-corrected chi connectivity index (χ4v) is 3.58. The summed E-state index contributed by atoms with van der Waals surface area (Å²) < 4.78 is 16.3. The van der Waals surface area contributed by atoms with Crippen molar-refractivity contribution in [1.29, 1.82) is 0 Å². The van der Waals surface area contributed by atoms with Crippen LogP contribution in [0.5, 0.6) is 11.5 Å². The van der Waals surface area contributed by atoms with Gasteiger partial charge in [-0.05, 0) is 50.3 Å². The molecule has 0 aliphatic carbocycles. The lowest BCUT2D eigenvalue weighted by Crippen LogP contribution is -2.33. The quantitative estimate of drug-likeness (QED) is 0.848. The molecule has 5 heteroatoms. The number of nitrogens with zero attached hydrogens (tertiary/aromatic N) is 1. The van der Waals surface area contributed by atoms with Gasteiger partial charge in [0.1, 0.15) is 5.76 Å². The van der Waals surface area contributed by atoms with E-state index in [-0.39, 0.29) is 11.9 Å². The Labute approximate surface area is 143 Å². The molecule has 2 heterocycles. The van der Waals surface area contributed by atoms with Gasteiger partial charge in [0, 0.05) is 6.54 Å². The maximum Gasteiger partial charge on any atom is 0.253 e. The van der Waals surface area contributed by atoms with E-state index < -0.39 is 0 Å². The van der Waals surface area contributed by atoms with E-state index in [9.17, 15) is 4.79 Å². The fourth-order valence-electron chi connectivity index (χ4n) is 3.58. The van der Waals surface area contributed by atoms with E-state index in [2.05, 4.69) is 0 Å². The van der Waals surface area contributed by atoms with Crippen LogP contribution in [0.3, 0.4) is 0 Å². The molecule has 1 aromatic carbocycles. The number of ether oxygens (including phenoxy) is 3. The minimum atomic E-state index is 0.0829. The second-order valence-electron chi connectivity index (χ2n) is 6.26. The van der Waals surface area contributed by atoms with Gasteiger partial charge < -0.3 is 19.1 Å². The molecule has 0 N–H and O–H groups in total. The minimum Gasteiger partial charge on any atom is -0.498 e. The van der Waals surface area contributed by atoms with Gasteiger partial charge in [-0.25, -0.2) is 0 Å². The number of allylic oxidation sites excluding steroid dienone is 1. The third-order valence-electron chi connectivity index (χ3n) is 4.88. The molecule has 1 fully saturated rings. The SMILES string of the molecule is COc1ccc([C@H]2CCCN2C(=O)C2=C(C)OCCC2)cc1OC. The number of amides is 1. The Balaban J connectivity index is 1.87. The minimum absolute atomic E-state index is 0.0829. The van der Waals surface area contributed by atoms with Crippen LogP contribution in [0.2, 0.25) is 0 Å². The molecule has 5 nitrogen and oxygen atoms in total. The van der Waals surface area contributed by atoms with Crippen LogP contribution in [0.1, 0.15) is 44.2 Å². The zero-order chi connectivity index (χ0) is 17.1. The summed E-state index contributed by atoms with van der Waals surface area (Å²) in [6.07, 6.45) is 3.69. The number of hydrogen-bond acceptors (Lipinski definition) is 4. The van der Waals surface area contributed by atoms with Crippen molar-refractivity contribution < 1.29 is 19.0 Å². The van der Waals surface area contributed by atoms with Crippen molar-refractivity contribution in [1.82, 2.24) is 4.90 Å². The molecular weight excluding hydrogens is 306 g/mol. The van der Waals surface area contributed by atoms with Gasteiger partial charge in [0.15, 0.2) is 11.5 Å². The molecule has 2 aliphatic heterocycles. The Bertz CT molecular complexity index is 653. The van der Waals surface area contributed by atoms with Crippen molar-refractivity contribution in [3.05, 3.63) is 35.1 Å². The summed E-state index contributed by atoms with van der Waals surface area (Å²) in [4.78, 5) is 15.0. The lowest BCUT2D eigenvalue weighted by atomic mass is 10.0. The van der Waals surface area contributed by atoms with Crippen molar-refractivity contribution in [3.63, 3.8) is 0 Å². The highest BCUT2D eigenvalue weighted by Crippen LogP contribution is 2.38. The molecule has 0 radical (unpaired) electrons. The summed E-state index contributed by atoms with van der Waals surface area (Å²) in [6, 6.07) is 5.99. The Morgan fingerprint density at radius 3 is 2.71 bits per heavy atom. The van der Waals surface area contributed by atoms with E-state index in [0.29, 0.717) is 18.1 Å². The highest BCUT2D eigenvalue weighted by molar-refractivity contribution is 5.94. The van der Waals surface area contributed by atoms with E-state index in [0.717, 1.165) is 49.1 Å². The van der Waals surface area contributed by atoms with Crippen LogP contribution in [-0.2, 0) is 9.53 Å². The van der Waals surface area contributed by atoms with Crippen LogP contribution < -0.4 is 9.47 Å². The summed E-state index contributed by atoms with van der Waals surface area (Å²) in [6.45, 7) is 3.39. The van der Waals surface area contributed by atoms with Crippen LogP contribution in [0.25, 0.3) is 0 Å². The number of benzene rings is 1. The van der Waals surface area contributed by atoms with Gasteiger partial charge in [-0.1, -0.05) is 6.07 Å². The third-order valence-corrected chi connectivity index (χ3v) is 4.88. The molecule has 1 atom stereocenters. The number of hydrogen-bond donors (Lipinski definition) is 0. The first-order valence-electron chi connectivity index (χ1n) is 8.51. The lowest BCUT2D eigenvalue weighted by Gasteiger charge is -2.28. The molecule has 130 valence electrons. The Kier molecular flexibility index (Phi) is 4.97. The van der Waals surface area contributed by atoms with Crippen molar-refractivity contribution >= 4 is 5.91 Å². The molecule has 1 aromatic rings. The van der Waals surface area contributed by atoms with Crippen molar-refractivity contribution in [3.8, 4) is 11.5 Å². The maximum absolute atomic E-state index is 13.0. The average Bonchev–Trinajstić information content (AvgIpc) is 3.10. The monoisotopic (exact) mass is 331 g/mol. The third kappa shape index (κ3) is 3.07. The van der Waals surface area contributed by atoms with Gasteiger partial charge in [0.05, 0.1) is 32.4 Å². The van der Waals surface area contributed by atoms with Crippen LogP contribution >= 0.6 is 0 Å². The number of carbonyl (C=O) groups excluding carboxylic acids is 1. The second kappa shape index (κ2) is 7.16. The summed E-state index contributed by atoms with van der Waals surface area (Å²) >= 11 is 0. The lowest BCUT2D eigenvalue weighted by molar-refractivity contribution is -0.128. The van der Waals surface area contributed by atoms with E-state index in [1.807, 2.05) is 30.0 Å². The van der Waals surface area contributed by atoms with Gasteiger partial charge in [0.25, 0.3) is 5.91 Å². The van der Waals surface area contributed by atoms with Gasteiger partial charge >= 0.3 is 0 Å². The first-order chi connectivity index (χ1) is 11.7. The zero-order valence-corrected chi connectivity index (χ0v) is 14.6. The maximum atomic E-state index is 13.0. The van der Waals surface area contributed by atoms with E-state index in [4.69, 9.17) is 14.2 Å². The molecule has 24 heavy (non-hydrogen) atoms. The van der Waals surface area contributed by atoms with E-state index >= 15 is 0 Å². The van der Waals surface area contributed by atoms with Gasteiger partial charge in [0.2, 0.25) is 0 Å². The molecule has 0 saturated carbocycles. The van der Waals surface area contributed by atoms with Gasteiger partial charge in [-0.2, -0.15) is 0 Å². The smallest absolute Gasteiger partial charge is 0.253 e. The first-order valence-corrected chi connectivity index (χ1v) is 8.51. The standard InChI is InChI=1S/C19H25NO4/c1-13-15(6-5-11-24-13)19(21)20-10-4-7-16(20)14-8-9-17(22-2)18(12-14)23-3/h8-9,12,16H,4-7,10-11H2,1-3H3/t16-/m1/s1. The topological polar surface area (TPSA) is 48.0 Å². The summed E-state index contributed by atoms with van der Waals surface area (Å²) in [5, 5.41) is 0. The molecule has 0 bridgehead atoms. The molecule has 0 unspecified atom stereocenters. The number of likely N-dealkylation sites (tertiary alicyclic amines) is 1. The zero-order valence-electron chi connectivity index (χ0n) is 14.6. The molecule has 0 spiro atoms. The Morgan fingerprint density at radius 2 is 2.00 bits per heavy atom. The van der Waals surface area contributed by atoms with Gasteiger partial charge in [-0.3, -0.25) is 4.79 Å². The largest absolute Gasteiger partial charge is 0.498 e. The molecule has 2 aliphatic rings. The van der Waals surface area contributed by atoms with Crippen LogP contribution in [0, 0.1) is 0 Å². The van der Waals surface area contributed by atoms with Gasteiger partial charge in [-0.15, -0.1) is 0 Å². The van der Waals surface area contributed by atoms with E-state index in [1.54, 1.807) is 14.2 Å². The number of rotatable bonds is 4. The molecule has 3 rings (SSSR count). The predicted molar refractivity (Wildman–Crippen MR) is 91.1 cm³/mol.